The third-order valence-corrected chi connectivity index (χ3v) is 6.54. The van der Waals surface area contributed by atoms with E-state index in [1.165, 1.54) is 41.9 Å². The largest absolute Gasteiger partial charge is 0.390 e. The smallest absolute Gasteiger partial charge is 0.270 e. The molecule has 0 saturated carbocycles. The van der Waals surface area contributed by atoms with Crippen LogP contribution in [0.5, 0.6) is 0 Å². The molecule has 1 aliphatic carbocycles. The van der Waals surface area contributed by atoms with E-state index in [0.717, 1.165) is 5.56 Å². The summed E-state index contributed by atoms with van der Waals surface area (Å²) in [4.78, 5) is 42.2. The second-order valence-electron chi connectivity index (χ2n) is 8.75. The van der Waals surface area contributed by atoms with Gasteiger partial charge in [-0.25, -0.2) is 13.9 Å². The van der Waals surface area contributed by atoms with Crippen LogP contribution in [0.15, 0.2) is 54.7 Å². The lowest BCUT2D eigenvalue weighted by Gasteiger charge is -2.18. The Morgan fingerprint density at radius 1 is 1.14 bits per heavy atom. The molecule has 0 unspecified atom stereocenters. The molecule has 0 bridgehead atoms. The highest BCUT2D eigenvalue weighted by Crippen LogP contribution is 2.32. The van der Waals surface area contributed by atoms with E-state index in [1.807, 2.05) is 0 Å². The Bertz CT molecular complexity index is 1570. The van der Waals surface area contributed by atoms with Crippen LogP contribution in [0.1, 0.15) is 61.0 Å². The van der Waals surface area contributed by atoms with Crippen molar-refractivity contribution in [2.45, 2.75) is 32.0 Å². The van der Waals surface area contributed by atoms with Crippen molar-refractivity contribution in [3.63, 3.8) is 0 Å². The Balaban J connectivity index is 1.38. The van der Waals surface area contributed by atoms with Crippen LogP contribution in [0, 0.1) is 5.82 Å². The first-order valence-corrected chi connectivity index (χ1v) is 11.8. The van der Waals surface area contributed by atoms with Crippen molar-refractivity contribution < 1.29 is 23.9 Å². The first-order chi connectivity index (χ1) is 17.7. The highest BCUT2D eigenvalue weighted by Gasteiger charge is 2.33. The summed E-state index contributed by atoms with van der Waals surface area (Å²) in [6.45, 7) is 1.54. The van der Waals surface area contributed by atoms with E-state index < -0.39 is 29.8 Å². The summed E-state index contributed by atoms with van der Waals surface area (Å²) in [6.07, 6.45) is 0.849. The number of nitrogens with zero attached hydrogens (tertiary/aromatic N) is 3. The van der Waals surface area contributed by atoms with E-state index >= 15 is 0 Å². The third-order valence-electron chi connectivity index (χ3n) is 6.25. The van der Waals surface area contributed by atoms with Gasteiger partial charge in [0.2, 0.25) is 0 Å². The van der Waals surface area contributed by atoms with Gasteiger partial charge in [-0.2, -0.15) is 5.10 Å². The summed E-state index contributed by atoms with van der Waals surface area (Å²) in [7, 11) is 0. The SMILES string of the molecule is CC(=O)c1ccc2c(c1)C[C@@H](O)[C@@H]2NC(=O)c1cc(C(=O)NCc2ccc(F)c(Cl)c2)nc2ccnn12. The Morgan fingerprint density at radius 2 is 1.95 bits per heavy atom. The van der Waals surface area contributed by atoms with Crippen molar-refractivity contribution in [3.8, 4) is 0 Å². The highest BCUT2D eigenvalue weighted by atomic mass is 35.5. The number of fused-ring (bicyclic) bond motifs is 2. The normalized spacial score (nSPS) is 16.4. The monoisotopic (exact) mass is 521 g/mol. The van der Waals surface area contributed by atoms with Crippen molar-refractivity contribution in [3.05, 3.63) is 99.2 Å². The predicted molar refractivity (Wildman–Crippen MR) is 132 cm³/mol. The number of hydrogen-bond acceptors (Lipinski definition) is 6. The van der Waals surface area contributed by atoms with Crippen LogP contribution < -0.4 is 10.6 Å². The lowest BCUT2D eigenvalue weighted by atomic mass is 10.0. The fourth-order valence-electron chi connectivity index (χ4n) is 4.36. The van der Waals surface area contributed by atoms with Crippen LogP contribution in [0.3, 0.4) is 0 Å². The third kappa shape index (κ3) is 4.81. The second kappa shape index (κ2) is 9.72. The number of aliphatic hydroxyl groups excluding tert-OH is 1. The number of halogens is 2. The molecule has 0 aliphatic heterocycles. The van der Waals surface area contributed by atoms with Gasteiger partial charge in [0.05, 0.1) is 23.4 Å². The van der Waals surface area contributed by atoms with Gasteiger partial charge in [-0.15, -0.1) is 0 Å². The quantitative estimate of drug-likeness (QED) is 0.335. The van der Waals surface area contributed by atoms with E-state index in [-0.39, 0.29) is 40.8 Å². The van der Waals surface area contributed by atoms with Gasteiger partial charge in [0.25, 0.3) is 11.8 Å². The number of aliphatic hydroxyl groups is 1. The van der Waals surface area contributed by atoms with Crippen molar-refractivity contribution in [1.82, 2.24) is 25.2 Å². The lowest BCUT2D eigenvalue weighted by molar-refractivity contribution is 0.0850. The number of amides is 2. The Hall–Kier alpha value is -4.15. The maximum atomic E-state index is 13.4. The van der Waals surface area contributed by atoms with Crippen LogP contribution >= 0.6 is 11.6 Å². The molecule has 2 amide bonds. The molecule has 188 valence electrons. The number of benzene rings is 2. The molecule has 0 radical (unpaired) electrons. The molecule has 2 aromatic heterocycles. The standard InChI is InChI=1S/C26H21ClFN5O4/c1-13(34)15-3-4-17-16(9-15)10-22(35)24(17)32-26(37)21-11-20(31-23-6-7-30-33(21)23)25(36)29-12-14-2-5-19(28)18(27)8-14/h2-9,11,22,24,35H,10,12H2,1H3,(H,29,36)(H,32,37)/t22-,24-/m1/s1. The maximum absolute atomic E-state index is 13.4. The minimum Gasteiger partial charge on any atom is -0.390 e. The van der Waals surface area contributed by atoms with Crippen LogP contribution in [0.4, 0.5) is 4.39 Å². The number of carbonyl (C=O) groups is 3. The number of ketones is 1. The molecule has 2 atom stereocenters. The molecule has 0 saturated heterocycles. The van der Waals surface area contributed by atoms with Crippen LogP contribution in [-0.4, -0.2) is 43.4 Å². The van der Waals surface area contributed by atoms with Gasteiger partial charge in [0.1, 0.15) is 17.2 Å². The van der Waals surface area contributed by atoms with E-state index in [2.05, 4.69) is 20.7 Å². The second-order valence-corrected chi connectivity index (χ2v) is 9.16. The Labute approximate surface area is 215 Å². The zero-order valence-electron chi connectivity index (χ0n) is 19.5. The fraction of sp³-hybridized carbons (Fsp3) is 0.192. The average molecular weight is 522 g/mol. The van der Waals surface area contributed by atoms with Crippen LogP contribution in [-0.2, 0) is 13.0 Å². The van der Waals surface area contributed by atoms with Gasteiger partial charge in [0.15, 0.2) is 11.4 Å². The number of nitrogens with one attached hydrogen (secondary N) is 2. The zero-order chi connectivity index (χ0) is 26.3. The number of Topliss-reactive ketones (excluding diaryl/α,β-unsaturated/α-hetero) is 1. The van der Waals surface area contributed by atoms with Crippen LogP contribution in [0.25, 0.3) is 5.65 Å². The van der Waals surface area contributed by atoms with Gasteiger partial charge >= 0.3 is 0 Å². The maximum Gasteiger partial charge on any atom is 0.270 e. The van der Waals surface area contributed by atoms with Crippen molar-refractivity contribution in [2.75, 3.05) is 0 Å². The first-order valence-electron chi connectivity index (χ1n) is 11.4. The molecular weight excluding hydrogens is 501 g/mol. The van der Waals surface area contributed by atoms with E-state index in [4.69, 9.17) is 11.6 Å². The molecule has 2 aromatic carbocycles. The minimum absolute atomic E-state index is 0.0233. The summed E-state index contributed by atoms with van der Waals surface area (Å²) < 4.78 is 14.7. The predicted octanol–water partition coefficient (Wildman–Crippen LogP) is 3.04. The van der Waals surface area contributed by atoms with Crippen molar-refractivity contribution in [1.29, 1.82) is 0 Å². The fourth-order valence-corrected chi connectivity index (χ4v) is 4.56. The average Bonchev–Trinajstić information content (AvgIpc) is 3.47. The summed E-state index contributed by atoms with van der Waals surface area (Å²) >= 11 is 5.80. The van der Waals surface area contributed by atoms with Crippen LogP contribution in [0.2, 0.25) is 5.02 Å². The minimum atomic E-state index is -0.888. The molecule has 2 heterocycles. The molecular formula is C26H21ClFN5O4. The molecule has 4 aromatic rings. The van der Waals surface area contributed by atoms with Gasteiger partial charge in [0, 0.05) is 30.7 Å². The number of carbonyl (C=O) groups excluding carboxylic acids is 3. The highest BCUT2D eigenvalue weighted by molar-refractivity contribution is 6.30. The Morgan fingerprint density at radius 3 is 2.70 bits per heavy atom. The summed E-state index contributed by atoms with van der Waals surface area (Å²) in [5.41, 5.74) is 2.92. The molecule has 37 heavy (non-hydrogen) atoms. The molecule has 9 nitrogen and oxygen atoms in total. The van der Waals surface area contributed by atoms with E-state index in [0.29, 0.717) is 16.7 Å². The number of aromatic nitrogens is 3. The first kappa shape index (κ1) is 24.5. The molecule has 0 spiro atoms. The number of hydrogen-bond donors (Lipinski definition) is 3. The van der Waals surface area contributed by atoms with Crippen molar-refractivity contribution >= 4 is 34.8 Å². The molecule has 0 fully saturated rings. The Kier molecular flexibility index (Phi) is 6.45. The molecule has 1 aliphatic rings. The van der Waals surface area contributed by atoms with Gasteiger partial charge < -0.3 is 15.7 Å². The van der Waals surface area contributed by atoms with Gasteiger partial charge in [-0.05, 0) is 41.8 Å². The van der Waals surface area contributed by atoms with E-state index in [9.17, 15) is 23.9 Å². The summed E-state index contributed by atoms with van der Waals surface area (Å²) in [5.74, 6) is -1.77. The molecule has 5 rings (SSSR count). The summed E-state index contributed by atoms with van der Waals surface area (Å²) in [5, 5.41) is 20.2. The zero-order valence-corrected chi connectivity index (χ0v) is 20.3. The van der Waals surface area contributed by atoms with Crippen molar-refractivity contribution in [2.24, 2.45) is 0 Å². The molecule has 3 N–H and O–H groups in total. The topological polar surface area (TPSA) is 126 Å². The van der Waals surface area contributed by atoms with Gasteiger partial charge in [-0.1, -0.05) is 29.8 Å². The number of rotatable bonds is 6. The van der Waals surface area contributed by atoms with E-state index in [1.54, 1.807) is 24.3 Å². The molecule has 11 heteroatoms. The summed E-state index contributed by atoms with van der Waals surface area (Å²) in [6, 6.07) is 11.4. The van der Waals surface area contributed by atoms with Gasteiger partial charge in [-0.3, -0.25) is 14.4 Å². The lowest BCUT2D eigenvalue weighted by Crippen LogP contribution is -2.35.